The summed E-state index contributed by atoms with van der Waals surface area (Å²) in [6, 6.07) is 16.8. The van der Waals surface area contributed by atoms with Gasteiger partial charge in [0.25, 0.3) is 0 Å². The number of pyridine rings is 1. The molecule has 1 unspecified atom stereocenters. The second kappa shape index (κ2) is 9.51. The molecule has 32 heavy (non-hydrogen) atoms. The number of methoxy groups -OCH3 is 1. The van der Waals surface area contributed by atoms with Crippen LogP contribution in [0.1, 0.15) is 29.0 Å². The minimum atomic E-state index is -1.12. The molecule has 164 valence electrons. The van der Waals surface area contributed by atoms with E-state index in [-0.39, 0.29) is 18.9 Å². The van der Waals surface area contributed by atoms with Crippen molar-refractivity contribution in [2.45, 2.75) is 24.8 Å². The van der Waals surface area contributed by atoms with Crippen molar-refractivity contribution in [3.05, 3.63) is 83.7 Å². The lowest BCUT2D eigenvalue weighted by atomic mass is 9.98. The van der Waals surface area contributed by atoms with Gasteiger partial charge in [-0.2, -0.15) is 0 Å². The number of carboxylic acids is 1. The zero-order chi connectivity index (χ0) is 22.5. The molecule has 1 aromatic heterocycles. The molecule has 1 aliphatic carbocycles. The van der Waals surface area contributed by atoms with E-state index in [9.17, 15) is 14.7 Å². The lowest BCUT2D eigenvalue weighted by Crippen LogP contribution is -2.41. The number of amides is 1. The third kappa shape index (κ3) is 4.56. The minimum absolute atomic E-state index is 0.0840. The Morgan fingerprint density at radius 1 is 1.06 bits per heavy atom. The van der Waals surface area contributed by atoms with Crippen molar-refractivity contribution >= 4 is 12.1 Å². The number of nitrogens with zero attached hydrogens (tertiary/aromatic N) is 1. The van der Waals surface area contributed by atoms with Crippen molar-refractivity contribution in [1.82, 2.24) is 10.3 Å². The van der Waals surface area contributed by atoms with E-state index in [1.54, 1.807) is 25.6 Å². The number of fused-ring (bicyclic) bond motifs is 3. The van der Waals surface area contributed by atoms with Crippen LogP contribution in [0, 0.1) is 0 Å². The normalized spacial score (nSPS) is 13.0. The van der Waals surface area contributed by atoms with Gasteiger partial charge in [0, 0.05) is 12.1 Å². The second-order valence-corrected chi connectivity index (χ2v) is 7.63. The third-order valence-electron chi connectivity index (χ3n) is 5.66. The number of carbonyl (C=O) groups excluding carboxylic acids is 1. The molecule has 0 saturated carbocycles. The quantitative estimate of drug-likeness (QED) is 0.558. The number of aryl methyl sites for hydroxylation is 1. The van der Waals surface area contributed by atoms with Gasteiger partial charge in [0.15, 0.2) is 0 Å². The Balaban J connectivity index is 1.37. The smallest absolute Gasteiger partial charge is 0.407 e. The highest BCUT2D eigenvalue weighted by atomic mass is 16.5. The van der Waals surface area contributed by atoms with Gasteiger partial charge in [-0.3, -0.25) is 4.98 Å². The highest BCUT2D eigenvalue weighted by Crippen LogP contribution is 2.44. The van der Waals surface area contributed by atoms with Crippen LogP contribution in [-0.2, 0) is 16.0 Å². The average molecular weight is 432 g/mol. The summed E-state index contributed by atoms with van der Waals surface area (Å²) in [6.45, 7) is 0.131. The fourth-order valence-corrected chi connectivity index (χ4v) is 4.06. The van der Waals surface area contributed by atoms with E-state index in [2.05, 4.69) is 22.4 Å². The van der Waals surface area contributed by atoms with Crippen LogP contribution in [0.3, 0.4) is 0 Å². The molecule has 2 N–H and O–H groups in total. The number of alkyl carbamates (subject to hydrolysis) is 1. The Kier molecular flexibility index (Phi) is 6.35. The maximum absolute atomic E-state index is 12.4. The predicted molar refractivity (Wildman–Crippen MR) is 119 cm³/mol. The molecule has 2 aromatic carbocycles. The standard InChI is InChI=1S/C25H24N2O5/c1-31-17-12-16(13-26-14-17)10-11-23(24(28)29)27-25(30)32-15-22-20-8-4-2-6-18(20)19-7-3-5-9-21(19)22/h2-9,12-14,22-23H,10-11,15H2,1H3,(H,27,30)(H,28,29). The van der Waals surface area contributed by atoms with E-state index in [4.69, 9.17) is 9.47 Å². The molecule has 1 atom stereocenters. The highest BCUT2D eigenvalue weighted by molar-refractivity contribution is 5.81. The van der Waals surface area contributed by atoms with E-state index >= 15 is 0 Å². The Morgan fingerprint density at radius 2 is 1.72 bits per heavy atom. The average Bonchev–Trinajstić information content (AvgIpc) is 3.14. The molecule has 0 spiro atoms. The molecule has 7 nitrogen and oxygen atoms in total. The number of carbonyl (C=O) groups is 2. The first kappa shape index (κ1) is 21.4. The van der Waals surface area contributed by atoms with Crippen LogP contribution >= 0.6 is 0 Å². The van der Waals surface area contributed by atoms with Crippen LogP contribution in [0.25, 0.3) is 11.1 Å². The molecule has 7 heteroatoms. The van der Waals surface area contributed by atoms with Gasteiger partial charge in [-0.05, 0) is 46.7 Å². The summed E-state index contributed by atoms with van der Waals surface area (Å²) in [5.74, 6) is -0.604. The molecule has 0 radical (unpaired) electrons. The van der Waals surface area contributed by atoms with Crippen molar-refractivity contribution in [3.63, 3.8) is 0 Å². The lowest BCUT2D eigenvalue weighted by Gasteiger charge is -2.17. The Labute approximate surface area is 186 Å². The Bertz CT molecular complexity index is 1090. The summed E-state index contributed by atoms with van der Waals surface area (Å²) < 4.78 is 10.6. The maximum Gasteiger partial charge on any atom is 0.407 e. The van der Waals surface area contributed by atoms with E-state index in [1.807, 2.05) is 36.4 Å². The van der Waals surface area contributed by atoms with Gasteiger partial charge in [-0.25, -0.2) is 9.59 Å². The van der Waals surface area contributed by atoms with Gasteiger partial charge >= 0.3 is 12.1 Å². The van der Waals surface area contributed by atoms with E-state index in [0.29, 0.717) is 12.2 Å². The van der Waals surface area contributed by atoms with Crippen LogP contribution in [-0.4, -0.2) is 41.9 Å². The zero-order valence-electron chi connectivity index (χ0n) is 17.7. The van der Waals surface area contributed by atoms with Gasteiger partial charge in [0.05, 0.1) is 13.3 Å². The summed E-state index contributed by atoms with van der Waals surface area (Å²) >= 11 is 0. The summed E-state index contributed by atoms with van der Waals surface area (Å²) in [7, 11) is 1.54. The van der Waals surface area contributed by atoms with E-state index in [1.165, 1.54) is 0 Å². The summed E-state index contributed by atoms with van der Waals surface area (Å²) in [6.07, 6.45) is 3.10. The van der Waals surface area contributed by atoms with E-state index in [0.717, 1.165) is 27.8 Å². The predicted octanol–water partition coefficient (Wildman–Crippen LogP) is 4.01. The van der Waals surface area contributed by atoms with Crippen LogP contribution in [0.4, 0.5) is 4.79 Å². The second-order valence-electron chi connectivity index (χ2n) is 7.63. The number of aromatic nitrogens is 1. The monoisotopic (exact) mass is 432 g/mol. The van der Waals surface area contributed by atoms with Gasteiger partial charge in [0.2, 0.25) is 0 Å². The Morgan fingerprint density at radius 3 is 2.34 bits per heavy atom. The van der Waals surface area contributed by atoms with Crippen LogP contribution < -0.4 is 10.1 Å². The number of carboxylic acid groups (broad SMARTS) is 1. The third-order valence-corrected chi connectivity index (χ3v) is 5.66. The van der Waals surface area contributed by atoms with Gasteiger partial charge in [0.1, 0.15) is 18.4 Å². The van der Waals surface area contributed by atoms with Gasteiger partial charge in [-0.1, -0.05) is 48.5 Å². The SMILES string of the molecule is COc1cncc(CCC(NC(=O)OCC2c3ccccc3-c3ccccc32)C(=O)O)c1. The summed E-state index contributed by atoms with van der Waals surface area (Å²) in [4.78, 5) is 28.1. The number of hydrogen-bond donors (Lipinski definition) is 2. The highest BCUT2D eigenvalue weighted by Gasteiger charge is 2.29. The number of rotatable bonds is 8. The molecule has 0 saturated heterocycles. The first-order valence-electron chi connectivity index (χ1n) is 10.4. The molecule has 0 bridgehead atoms. The molecule has 1 aliphatic rings. The number of ether oxygens (including phenoxy) is 2. The summed E-state index contributed by atoms with van der Waals surface area (Å²) in [5, 5.41) is 12.0. The molecular weight excluding hydrogens is 408 g/mol. The number of benzene rings is 2. The topological polar surface area (TPSA) is 97.8 Å². The fraction of sp³-hybridized carbons (Fsp3) is 0.240. The largest absolute Gasteiger partial charge is 0.495 e. The first-order chi connectivity index (χ1) is 15.6. The molecule has 4 rings (SSSR count). The maximum atomic E-state index is 12.4. The van der Waals surface area contributed by atoms with Crippen LogP contribution in [0.2, 0.25) is 0 Å². The lowest BCUT2D eigenvalue weighted by molar-refractivity contribution is -0.139. The van der Waals surface area contributed by atoms with E-state index < -0.39 is 18.1 Å². The van der Waals surface area contributed by atoms with Crippen molar-refractivity contribution < 1.29 is 24.2 Å². The van der Waals surface area contributed by atoms with Crippen LogP contribution in [0.5, 0.6) is 5.75 Å². The van der Waals surface area contributed by atoms with Crippen molar-refractivity contribution in [1.29, 1.82) is 0 Å². The van der Waals surface area contributed by atoms with Gasteiger partial charge < -0.3 is 19.9 Å². The zero-order valence-corrected chi connectivity index (χ0v) is 17.7. The number of nitrogens with one attached hydrogen (secondary N) is 1. The van der Waals surface area contributed by atoms with Gasteiger partial charge in [-0.15, -0.1) is 0 Å². The Hall–Kier alpha value is -3.87. The molecule has 1 heterocycles. The van der Waals surface area contributed by atoms with Crippen molar-refractivity contribution in [2.24, 2.45) is 0 Å². The minimum Gasteiger partial charge on any atom is -0.495 e. The number of hydrogen-bond acceptors (Lipinski definition) is 5. The van der Waals surface area contributed by atoms with Crippen molar-refractivity contribution in [2.75, 3.05) is 13.7 Å². The molecule has 0 aliphatic heterocycles. The van der Waals surface area contributed by atoms with Crippen molar-refractivity contribution in [3.8, 4) is 16.9 Å². The number of aliphatic carboxylic acids is 1. The first-order valence-corrected chi connectivity index (χ1v) is 10.4. The fourth-order valence-electron chi connectivity index (χ4n) is 4.06. The van der Waals surface area contributed by atoms with Crippen LogP contribution in [0.15, 0.2) is 67.0 Å². The molecule has 1 amide bonds. The summed E-state index contributed by atoms with van der Waals surface area (Å²) in [5.41, 5.74) is 5.29. The molecule has 3 aromatic rings. The molecular formula is C25H24N2O5. The molecule has 0 fully saturated rings.